The van der Waals surface area contributed by atoms with Crippen molar-refractivity contribution in [2.45, 2.75) is 19.9 Å². The first-order valence-electron chi connectivity index (χ1n) is 13.1. The van der Waals surface area contributed by atoms with Gasteiger partial charge in [-0.25, -0.2) is 14.6 Å². The molecule has 44 heavy (non-hydrogen) atoms. The van der Waals surface area contributed by atoms with E-state index in [1.165, 1.54) is 35.3 Å². The first kappa shape index (κ1) is 32.1. The highest BCUT2D eigenvalue weighted by Crippen LogP contribution is 2.31. The average molecular weight is 639 g/mol. The fraction of sp³-hybridized carbons (Fsp3) is 0.194. The van der Waals surface area contributed by atoms with E-state index in [-0.39, 0.29) is 35.9 Å². The molecule has 0 aliphatic carbocycles. The largest absolute Gasteiger partial charge is 0.481 e. The zero-order valence-electron chi connectivity index (χ0n) is 23.8. The lowest BCUT2D eigenvalue weighted by Crippen LogP contribution is -2.40. The third-order valence-electron chi connectivity index (χ3n) is 6.06. The first-order valence-corrected chi connectivity index (χ1v) is 14.3. The molecule has 0 fully saturated rings. The summed E-state index contributed by atoms with van der Waals surface area (Å²) in [5.41, 5.74) is 1.74. The summed E-state index contributed by atoms with van der Waals surface area (Å²) in [5, 5.41) is 8.00. The highest BCUT2D eigenvalue weighted by Gasteiger charge is 2.33. The molecule has 0 saturated carbocycles. The monoisotopic (exact) mass is 638 g/mol. The number of esters is 2. The number of carboxylic acids is 1. The first-order chi connectivity index (χ1) is 21.1. The summed E-state index contributed by atoms with van der Waals surface area (Å²) in [4.78, 5) is 53.3. The van der Waals surface area contributed by atoms with Crippen molar-refractivity contribution in [1.82, 2.24) is 4.57 Å². The Bertz CT molecular complexity index is 1850. The van der Waals surface area contributed by atoms with Gasteiger partial charge in [0.25, 0.3) is 11.5 Å². The number of fused-ring (bicyclic) bond motifs is 1. The Morgan fingerprint density at radius 3 is 2.36 bits per heavy atom. The number of hydrogen-bond donors (Lipinski definition) is 1. The van der Waals surface area contributed by atoms with Crippen LogP contribution in [-0.2, 0) is 19.1 Å². The Kier molecular flexibility index (Phi) is 10.7. The minimum Gasteiger partial charge on any atom is -0.481 e. The smallest absolute Gasteiger partial charge is 0.379 e. The van der Waals surface area contributed by atoms with Crippen LogP contribution < -0.4 is 19.6 Å². The molecule has 0 radical (unpaired) electrons. The van der Waals surface area contributed by atoms with Crippen molar-refractivity contribution in [3.8, 4) is 5.75 Å². The minimum absolute atomic E-state index is 0.0431. The molecule has 1 N–H and O–H groups in total. The molecule has 5 rings (SSSR count). The maximum Gasteiger partial charge on any atom is 0.379 e. The zero-order chi connectivity index (χ0) is 31.8. The molecule has 1 atom stereocenters. The van der Waals surface area contributed by atoms with Gasteiger partial charge in [-0.15, -0.1) is 0 Å². The molecule has 13 heteroatoms. The summed E-state index contributed by atoms with van der Waals surface area (Å²) in [5.74, 6) is -1.75. The number of furan rings is 1. The van der Waals surface area contributed by atoms with Gasteiger partial charge in [0.1, 0.15) is 12.4 Å². The molecule has 4 aromatic rings. The van der Waals surface area contributed by atoms with Crippen molar-refractivity contribution in [2.75, 3.05) is 20.3 Å². The van der Waals surface area contributed by atoms with E-state index in [9.17, 15) is 14.4 Å². The predicted octanol–water partition coefficient (Wildman–Crippen LogP) is 3.98. The summed E-state index contributed by atoms with van der Waals surface area (Å²) in [6.45, 7) is 3.05. The number of aromatic nitrogens is 1. The van der Waals surface area contributed by atoms with Crippen LogP contribution in [0.25, 0.3) is 6.08 Å². The topological polar surface area (TPSA) is 147 Å². The van der Waals surface area contributed by atoms with Crippen LogP contribution in [0.4, 0.5) is 0 Å². The number of carbonyl (C=O) groups excluding carboxylic acids is 2. The van der Waals surface area contributed by atoms with E-state index < -0.39 is 23.9 Å². The van der Waals surface area contributed by atoms with Crippen molar-refractivity contribution in [3.63, 3.8) is 0 Å². The van der Waals surface area contributed by atoms with Crippen LogP contribution in [0.15, 0.2) is 92.4 Å². The summed E-state index contributed by atoms with van der Waals surface area (Å²) in [6, 6.07) is 15.9. The molecule has 0 bridgehead atoms. The summed E-state index contributed by atoms with van der Waals surface area (Å²) in [7, 11) is 1.51. The second-order valence-corrected chi connectivity index (χ2v) is 10.7. The highest BCUT2D eigenvalue weighted by molar-refractivity contribution is 7.07. The summed E-state index contributed by atoms with van der Waals surface area (Å²) < 4.78 is 22.8. The van der Waals surface area contributed by atoms with Crippen molar-refractivity contribution >= 4 is 46.9 Å². The molecule has 0 amide bonds. The third-order valence-corrected chi connectivity index (χ3v) is 7.29. The highest BCUT2D eigenvalue weighted by atomic mass is 35.5. The summed E-state index contributed by atoms with van der Waals surface area (Å²) in [6.07, 6.45) is 3.13. The van der Waals surface area contributed by atoms with Gasteiger partial charge in [-0.1, -0.05) is 47.2 Å². The fourth-order valence-electron chi connectivity index (χ4n) is 4.17. The molecule has 3 heterocycles. The van der Waals surface area contributed by atoms with Gasteiger partial charge in [-0.2, -0.15) is 0 Å². The van der Waals surface area contributed by atoms with Crippen LogP contribution >= 0.6 is 22.9 Å². The summed E-state index contributed by atoms with van der Waals surface area (Å²) >= 11 is 7.22. The van der Waals surface area contributed by atoms with Crippen LogP contribution in [-0.4, -0.2) is 47.9 Å². The molecule has 1 aliphatic rings. The normalized spacial score (nSPS) is 14.2. The number of carboxylic acid groups (broad SMARTS) is 1. The molecule has 0 saturated heterocycles. The molecule has 11 nitrogen and oxygen atoms in total. The van der Waals surface area contributed by atoms with Crippen LogP contribution in [0.2, 0.25) is 5.02 Å². The minimum atomic E-state index is -0.833. The number of nitrogens with zero attached hydrogens (tertiary/aromatic N) is 2. The SMILES string of the molecule is CC(=O)O.COCCOC(=O)C1=C(C)N=c2s/c(=C/c3ccc(Cl)cc3)c(=O)n2C1c1ccc(OC(=O)c2ccco2)cc1. The molecule has 2 aromatic heterocycles. The van der Waals surface area contributed by atoms with Crippen LogP contribution in [0.3, 0.4) is 0 Å². The number of benzene rings is 2. The van der Waals surface area contributed by atoms with E-state index in [4.69, 9.17) is 40.1 Å². The van der Waals surface area contributed by atoms with Crippen LogP contribution in [0, 0.1) is 0 Å². The Balaban J connectivity index is 0.00000104. The third kappa shape index (κ3) is 7.78. The lowest BCUT2D eigenvalue weighted by molar-refractivity contribution is -0.141. The maximum atomic E-state index is 13.7. The van der Waals surface area contributed by atoms with Gasteiger partial charge >= 0.3 is 11.9 Å². The van der Waals surface area contributed by atoms with Crippen molar-refractivity contribution in [2.24, 2.45) is 4.99 Å². The number of hydrogen-bond acceptors (Lipinski definition) is 10. The lowest BCUT2D eigenvalue weighted by atomic mass is 9.96. The number of halogens is 1. The molecule has 1 aliphatic heterocycles. The Morgan fingerprint density at radius 2 is 1.75 bits per heavy atom. The van der Waals surface area contributed by atoms with Crippen LogP contribution in [0.5, 0.6) is 5.75 Å². The van der Waals surface area contributed by atoms with Gasteiger partial charge in [0.05, 0.1) is 34.7 Å². The van der Waals surface area contributed by atoms with Gasteiger partial charge in [0, 0.05) is 19.1 Å². The maximum absolute atomic E-state index is 13.7. The molecule has 0 spiro atoms. The lowest BCUT2D eigenvalue weighted by Gasteiger charge is -2.25. The number of carbonyl (C=O) groups is 3. The molecular weight excluding hydrogens is 612 g/mol. The number of aliphatic carboxylic acids is 1. The van der Waals surface area contributed by atoms with Gasteiger partial charge in [0.2, 0.25) is 5.76 Å². The molecule has 2 aromatic carbocycles. The zero-order valence-corrected chi connectivity index (χ0v) is 25.4. The van der Waals surface area contributed by atoms with Gasteiger partial charge in [0.15, 0.2) is 4.80 Å². The van der Waals surface area contributed by atoms with Gasteiger partial charge < -0.3 is 23.7 Å². The fourth-order valence-corrected chi connectivity index (χ4v) is 5.35. The van der Waals surface area contributed by atoms with E-state index >= 15 is 0 Å². The number of rotatable bonds is 8. The van der Waals surface area contributed by atoms with E-state index in [2.05, 4.69) is 4.99 Å². The second-order valence-electron chi connectivity index (χ2n) is 9.22. The van der Waals surface area contributed by atoms with Gasteiger partial charge in [-0.05, 0) is 60.5 Å². The Labute approximate surface area is 259 Å². The van der Waals surface area contributed by atoms with Gasteiger partial charge in [-0.3, -0.25) is 14.2 Å². The Hall–Kier alpha value is -4.78. The predicted molar refractivity (Wildman–Crippen MR) is 161 cm³/mol. The van der Waals surface area contributed by atoms with E-state index in [1.807, 2.05) is 12.1 Å². The number of thiazole rings is 1. The van der Waals surface area contributed by atoms with Crippen molar-refractivity contribution in [3.05, 3.63) is 120 Å². The van der Waals surface area contributed by atoms with E-state index in [1.54, 1.807) is 55.5 Å². The van der Waals surface area contributed by atoms with Crippen molar-refractivity contribution < 1.29 is 38.1 Å². The molecule has 228 valence electrons. The van der Waals surface area contributed by atoms with Crippen molar-refractivity contribution in [1.29, 1.82) is 0 Å². The standard InChI is InChI=1S/C29H23ClN2O7S.C2H4O2/c1-17-24(28(35)38-15-14-36-2)25(19-7-11-21(12-8-19)39-27(34)22-4-3-13-37-22)32-26(33)23(40-29(32)31-17)16-18-5-9-20(30)10-6-18;1-2(3)4/h3-13,16,25H,14-15H2,1-2H3;1H3,(H,3,4)/b23-16+;. The number of allylic oxidation sites excluding steroid dienone is 1. The van der Waals surface area contributed by atoms with E-state index in [0.717, 1.165) is 12.5 Å². The molecular formula is C31H27ClN2O9S. The Morgan fingerprint density at radius 1 is 1.07 bits per heavy atom. The number of ether oxygens (including phenoxy) is 3. The average Bonchev–Trinajstić information content (AvgIpc) is 3.63. The number of methoxy groups -OCH3 is 1. The van der Waals surface area contributed by atoms with E-state index in [0.29, 0.717) is 25.6 Å². The van der Waals surface area contributed by atoms with Crippen LogP contribution in [0.1, 0.15) is 41.6 Å². The second kappa shape index (κ2) is 14.6. The quantitative estimate of drug-likeness (QED) is 0.172. The molecule has 1 unspecified atom stereocenters.